The van der Waals surface area contributed by atoms with Crippen molar-refractivity contribution >= 4 is 10.8 Å². The lowest BCUT2D eigenvalue weighted by atomic mass is 9.86. The molecule has 172 valence electrons. The first-order valence-corrected chi connectivity index (χ1v) is 13.0. The van der Waals surface area contributed by atoms with Crippen LogP contribution in [0.1, 0.15) is 76.3 Å². The van der Waals surface area contributed by atoms with Crippen molar-refractivity contribution in [1.82, 2.24) is 9.80 Å². The third-order valence-corrected chi connectivity index (χ3v) is 8.80. The standard InChI is InChI=1S/C28H38N2O2/c1-19-3-8-22(9-4-19)29-15-21-7-12-24-25(28(21)32-18-29)13-14-27-26(24)16-30(17-31-27)23-10-5-20(2)6-11-23/h7,12-14,19-20,22-23H,3-6,8-11,15-18H2,1-2H3. The Morgan fingerprint density at radius 2 is 1.25 bits per heavy atom. The average molecular weight is 435 g/mol. The number of ether oxygens (including phenoxy) is 2. The Kier molecular flexibility index (Phi) is 5.55. The van der Waals surface area contributed by atoms with Crippen molar-refractivity contribution in [2.45, 2.75) is 90.4 Å². The van der Waals surface area contributed by atoms with Gasteiger partial charge in [0.1, 0.15) is 25.0 Å². The van der Waals surface area contributed by atoms with E-state index in [-0.39, 0.29) is 0 Å². The van der Waals surface area contributed by atoms with Crippen LogP contribution in [0, 0.1) is 11.8 Å². The lowest BCUT2D eigenvalue weighted by Gasteiger charge is -2.40. The van der Waals surface area contributed by atoms with E-state index in [9.17, 15) is 0 Å². The quantitative estimate of drug-likeness (QED) is 0.554. The van der Waals surface area contributed by atoms with Crippen LogP contribution >= 0.6 is 0 Å². The average Bonchev–Trinajstić information content (AvgIpc) is 2.84. The van der Waals surface area contributed by atoms with Crippen LogP contribution in [0.15, 0.2) is 24.3 Å². The van der Waals surface area contributed by atoms with Gasteiger partial charge in [0.2, 0.25) is 0 Å². The second kappa shape index (κ2) is 8.53. The Hall–Kier alpha value is -1.78. The summed E-state index contributed by atoms with van der Waals surface area (Å²) < 4.78 is 12.7. The highest BCUT2D eigenvalue weighted by molar-refractivity contribution is 5.94. The molecule has 4 aliphatic rings. The summed E-state index contributed by atoms with van der Waals surface area (Å²) in [6, 6.07) is 10.4. The maximum Gasteiger partial charge on any atom is 0.142 e. The van der Waals surface area contributed by atoms with Gasteiger partial charge in [-0.05, 0) is 80.7 Å². The molecular formula is C28H38N2O2. The monoisotopic (exact) mass is 434 g/mol. The molecule has 0 amide bonds. The van der Waals surface area contributed by atoms with E-state index in [0.29, 0.717) is 12.1 Å². The summed E-state index contributed by atoms with van der Waals surface area (Å²) in [5.74, 6) is 3.93. The van der Waals surface area contributed by atoms with Crippen molar-refractivity contribution in [3.8, 4) is 11.5 Å². The minimum atomic E-state index is 0.662. The van der Waals surface area contributed by atoms with E-state index in [1.165, 1.54) is 73.3 Å². The van der Waals surface area contributed by atoms with Crippen molar-refractivity contribution in [3.05, 3.63) is 35.4 Å². The van der Waals surface area contributed by atoms with Gasteiger partial charge in [-0.3, -0.25) is 9.80 Å². The molecule has 0 aromatic heterocycles. The molecule has 0 spiro atoms. The Bertz CT molecular complexity index is 973. The molecule has 0 atom stereocenters. The van der Waals surface area contributed by atoms with Crippen LogP contribution in [0.3, 0.4) is 0 Å². The van der Waals surface area contributed by atoms with Crippen LogP contribution < -0.4 is 9.47 Å². The zero-order valence-corrected chi connectivity index (χ0v) is 19.8. The Balaban J connectivity index is 1.25. The summed E-state index contributed by atoms with van der Waals surface area (Å²) in [4.78, 5) is 5.13. The van der Waals surface area contributed by atoms with Gasteiger partial charge in [0.15, 0.2) is 0 Å². The van der Waals surface area contributed by atoms with Crippen molar-refractivity contribution in [1.29, 1.82) is 0 Å². The van der Waals surface area contributed by atoms with Gasteiger partial charge >= 0.3 is 0 Å². The zero-order valence-electron chi connectivity index (χ0n) is 19.8. The van der Waals surface area contributed by atoms with E-state index in [2.05, 4.69) is 47.9 Å². The van der Waals surface area contributed by atoms with Gasteiger partial charge in [0, 0.05) is 41.7 Å². The van der Waals surface area contributed by atoms with Gasteiger partial charge in [-0.2, -0.15) is 0 Å². The van der Waals surface area contributed by atoms with Crippen LogP contribution in [0.2, 0.25) is 0 Å². The normalized spacial score (nSPS) is 31.4. The number of nitrogens with zero attached hydrogens (tertiary/aromatic N) is 2. The highest BCUT2D eigenvalue weighted by atomic mass is 16.5. The van der Waals surface area contributed by atoms with E-state index in [4.69, 9.17) is 9.47 Å². The summed E-state index contributed by atoms with van der Waals surface area (Å²) in [6.45, 7) is 8.26. The van der Waals surface area contributed by atoms with Crippen LogP contribution in [-0.4, -0.2) is 35.3 Å². The molecule has 2 saturated carbocycles. The summed E-state index contributed by atoms with van der Waals surface area (Å²) in [5.41, 5.74) is 2.69. The topological polar surface area (TPSA) is 24.9 Å². The second-order valence-electron chi connectivity index (χ2n) is 11.1. The van der Waals surface area contributed by atoms with Gasteiger partial charge in [-0.15, -0.1) is 0 Å². The predicted octanol–water partition coefficient (Wildman–Crippen LogP) is 6.30. The molecule has 32 heavy (non-hydrogen) atoms. The molecule has 2 aromatic carbocycles. The molecule has 0 N–H and O–H groups in total. The van der Waals surface area contributed by atoms with Crippen LogP contribution in [-0.2, 0) is 13.1 Å². The largest absolute Gasteiger partial charge is 0.478 e. The summed E-state index contributed by atoms with van der Waals surface area (Å²) in [6.07, 6.45) is 10.6. The molecule has 0 bridgehead atoms. The van der Waals surface area contributed by atoms with Crippen molar-refractivity contribution in [2.75, 3.05) is 13.5 Å². The summed E-state index contributed by atoms with van der Waals surface area (Å²) in [7, 11) is 0. The van der Waals surface area contributed by atoms with E-state index < -0.39 is 0 Å². The first kappa shape index (κ1) is 20.8. The Morgan fingerprint density at radius 3 is 1.94 bits per heavy atom. The van der Waals surface area contributed by atoms with Gasteiger partial charge in [0.25, 0.3) is 0 Å². The SMILES string of the molecule is CC1CCC(N2COc3c(ccc4c5c(ccc34)OCN(C3CCC(C)CC3)C5)C2)CC1. The molecule has 2 fully saturated rings. The van der Waals surface area contributed by atoms with E-state index in [1.54, 1.807) is 0 Å². The first-order chi connectivity index (χ1) is 15.7. The maximum atomic E-state index is 6.45. The minimum absolute atomic E-state index is 0.662. The second-order valence-corrected chi connectivity index (χ2v) is 11.1. The molecule has 0 radical (unpaired) electrons. The van der Waals surface area contributed by atoms with Crippen LogP contribution in [0.4, 0.5) is 0 Å². The molecule has 0 saturated heterocycles. The van der Waals surface area contributed by atoms with Crippen molar-refractivity contribution in [3.63, 3.8) is 0 Å². The van der Waals surface area contributed by atoms with Gasteiger partial charge < -0.3 is 9.47 Å². The Morgan fingerprint density at radius 1 is 0.656 bits per heavy atom. The minimum Gasteiger partial charge on any atom is -0.478 e. The molecule has 0 unspecified atom stereocenters. The first-order valence-electron chi connectivity index (χ1n) is 13.0. The predicted molar refractivity (Wildman–Crippen MR) is 129 cm³/mol. The number of rotatable bonds is 2. The van der Waals surface area contributed by atoms with E-state index in [1.807, 2.05) is 0 Å². The zero-order chi connectivity index (χ0) is 21.7. The molecule has 2 aliphatic carbocycles. The third-order valence-electron chi connectivity index (χ3n) is 8.80. The smallest absolute Gasteiger partial charge is 0.142 e. The fraction of sp³-hybridized carbons (Fsp3) is 0.643. The number of benzene rings is 2. The highest BCUT2D eigenvalue weighted by Gasteiger charge is 2.31. The molecule has 4 heteroatoms. The molecular weight excluding hydrogens is 396 g/mol. The lowest BCUT2D eigenvalue weighted by molar-refractivity contribution is 0.0346. The van der Waals surface area contributed by atoms with E-state index in [0.717, 1.165) is 49.9 Å². The molecule has 2 heterocycles. The molecule has 2 aromatic rings. The van der Waals surface area contributed by atoms with Gasteiger partial charge in [0.05, 0.1) is 0 Å². The molecule has 6 rings (SSSR count). The van der Waals surface area contributed by atoms with Crippen LogP contribution in [0.25, 0.3) is 10.8 Å². The fourth-order valence-electron chi connectivity index (χ4n) is 6.56. The number of hydrogen-bond donors (Lipinski definition) is 0. The molecule has 4 nitrogen and oxygen atoms in total. The van der Waals surface area contributed by atoms with Gasteiger partial charge in [-0.1, -0.05) is 26.0 Å². The number of fused-ring (bicyclic) bond motifs is 5. The van der Waals surface area contributed by atoms with Crippen molar-refractivity contribution < 1.29 is 9.47 Å². The molecule has 2 aliphatic heterocycles. The van der Waals surface area contributed by atoms with Crippen LogP contribution in [0.5, 0.6) is 11.5 Å². The van der Waals surface area contributed by atoms with Crippen molar-refractivity contribution in [2.24, 2.45) is 11.8 Å². The Labute approximate surface area is 192 Å². The fourth-order valence-corrected chi connectivity index (χ4v) is 6.56. The summed E-state index contributed by atoms with van der Waals surface area (Å²) >= 11 is 0. The lowest BCUT2D eigenvalue weighted by Crippen LogP contribution is -2.42. The third kappa shape index (κ3) is 3.80. The maximum absolute atomic E-state index is 6.45. The number of hydrogen-bond acceptors (Lipinski definition) is 4. The van der Waals surface area contributed by atoms with Gasteiger partial charge in [-0.25, -0.2) is 0 Å². The highest BCUT2D eigenvalue weighted by Crippen LogP contribution is 2.42. The van der Waals surface area contributed by atoms with E-state index >= 15 is 0 Å². The summed E-state index contributed by atoms with van der Waals surface area (Å²) in [5, 5.41) is 2.58.